The highest BCUT2D eigenvalue weighted by molar-refractivity contribution is 4.95. The minimum Gasteiger partial charge on any atom is -0.327 e. The van der Waals surface area contributed by atoms with Gasteiger partial charge in [0.25, 0.3) is 0 Å². The lowest BCUT2D eigenvalue weighted by Crippen LogP contribution is -2.34. The molecule has 1 rings (SSSR count). The van der Waals surface area contributed by atoms with Crippen molar-refractivity contribution >= 4 is 0 Å². The van der Waals surface area contributed by atoms with Gasteiger partial charge in [-0.2, -0.15) is 0 Å². The molecule has 0 bridgehead atoms. The Bertz CT molecular complexity index is 97.5. The Labute approximate surface area is 56.6 Å². The summed E-state index contributed by atoms with van der Waals surface area (Å²) in [4.78, 5) is 0. The van der Waals surface area contributed by atoms with Crippen LogP contribution in [0, 0.1) is 5.92 Å². The summed E-state index contributed by atoms with van der Waals surface area (Å²) in [6, 6.07) is 0.333. The lowest BCUT2D eigenvalue weighted by Gasteiger charge is -2.15. The Balaban J connectivity index is 2.54. The van der Waals surface area contributed by atoms with E-state index >= 15 is 0 Å². The van der Waals surface area contributed by atoms with Crippen LogP contribution in [0.5, 0.6) is 0 Å². The Morgan fingerprint density at radius 3 is 2.11 bits per heavy atom. The zero-order chi connectivity index (χ0) is 7.07. The average Bonchev–Trinajstić information content (AvgIpc) is 1.79. The minimum atomic E-state index is 0.0127. The van der Waals surface area contributed by atoms with Gasteiger partial charge in [0, 0.05) is 11.6 Å². The monoisotopic (exact) mass is 128 g/mol. The van der Waals surface area contributed by atoms with Crippen LogP contribution < -0.4 is 11.5 Å². The van der Waals surface area contributed by atoms with E-state index in [1.54, 1.807) is 0 Å². The first-order chi connectivity index (χ1) is 4.01. The zero-order valence-corrected chi connectivity index (χ0v) is 6.22. The second-order valence-corrected chi connectivity index (χ2v) is 3.70. The predicted octanol–water partition coefficient (Wildman–Crippen LogP) is 0.461. The molecule has 0 aromatic heterocycles. The summed E-state index contributed by atoms with van der Waals surface area (Å²) in [5.74, 6) is 0.611. The molecule has 2 nitrogen and oxygen atoms in total. The van der Waals surface area contributed by atoms with Gasteiger partial charge in [-0.05, 0) is 25.7 Å². The Hall–Kier alpha value is -0.0800. The molecule has 9 heavy (non-hydrogen) atoms. The van der Waals surface area contributed by atoms with Crippen molar-refractivity contribution in [3.8, 4) is 0 Å². The van der Waals surface area contributed by atoms with Crippen LogP contribution in [0.25, 0.3) is 0 Å². The van der Waals surface area contributed by atoms with Gasteiger partial charge in [0.1, 0.15) is 0 Å². The molecule has 1 fully saturated rings. The summed E-state index contributed by atoms with van der Waals surface area (Å²) < 4.78 is 0. The van der Waals surface area contributed by atoms with E-state index in [2.05, 4.69) is 13.8 Å². The van der Waals surface area contributed by atoms with Crippen LogP contribution >= 0.6 is 0 Å². The second kappa shape index (κ2) is 1.96. The van der Waals surface area contributed by atoms with Gasteiger partial charge in [-0.1, -0.05) is 6.92 Å². The molecule has 0 aromatic carbocycles. The second-order valence-electron chi connectivity index (χ2n) is 3.70. The van der Waals surface area contributed by atoms with Crippen LogP contribution in [-0.4, -0.2) is 11.6 Å². The Morgan fingerprint density at radius 2 is 2.00 bits per heavy atom. The Kier molecular flexibility index (Phi) is 1.53. The van der Waals surface area contributed by atoms with E-state index in [9.17, 15) is 0 Å². The summed E-state index contributed by atoms with van der Waals surface area (Å²) in [6.45, 7) is 4.25. The predicted molar refractivity (Wildman–Crippen MR) is 39.0 cm³/mol. The third-order valence-corrected chi connectivity index (χ3v) is 2.22. The van der Waals surface area contributed by atoms with Crippen molar-refractivity contribution in [2.24, 2.45) is 17.4 Å². The zero-order valence-electron chi connectivity index (χ0n) is 6.22. The highest BCUT2D eigenvalue weighted by atomic mass is 14.8. The van der Waals surface area contributed by atoms with Crippen LogP contribution in [0.15, 0.2) is 0 Å². The van der Waals surface area contributed by atoms with Crippen molar-refractivity contribution in [1.29, 1.82) is 0 Å². The number of nitrogens with two attached hydrogens (primary N) is 2. The first kappa shape index (κ1) is 7.03. The maximum absolute atomic E-state index is 5.88. The molecular formula is C7H16N2. The maximum atomic E-state index is 5.88. The molecule has 2 heteroatoms. The fraction of sp³-hybridized carbons (Fsp3) is 1.00. The van der Waals surface area contributed by atoms with Crippen LogP contribution in [0.3, 0.4) is 0 Å². The number of hydrogen-bond donors (Lipinski definition) is 2. The highest BCUT2D eigenvalue weighted by Crippen LogP contribution is 2.30. The normalized spacial score (nSPS) is 52.0. The van der Waals surface area contributed by atoms with Gasteiger partial charge in [-0.3, -0.25) is 0 Å². The molecule has 0 saturated heterocycles. The fourth-order valence-corrected chi connectivity index (χ4v) is 1.71. The van der Waals surface area contributed by atoms with E-state index in [1.165, 1.54) is 0 Å². The van der Waals surface area contributed by atoms with Crippen molar-refractivity contribution in [2.45, 2.75) is 38.3 Å². The molecule has 1 aliphatic rings. The van der Waals surface area contributed by atoms with Gasteiger partial charge in [0.05, 0.1) is 0 Å². The molecule has 0 amide bonds. The topological polar surface area (TPSA) is 52.0 Å². The van der Waals surface area contributed by atoms with Gasteiger partial charge < -0.3 is 11.5 Å². The van der Waals surface area contributed by atoms with Gasteiger partial charge in [0.2, 0.25) is 0 Å². The Morgan fingerprint density at radius 1 is 1.44 bits per heavy atom. The van der Waals surface area contributed by atoms with Crippen LogP contribution in [-0.2, 0) is 0 Å². The van der Waals surface area contributed by atoms with Crippen LogP contribution in [0.2, 0.25) is 0 Å². The average molecular weight is 128 g/mol. The lowest BCUT2D eigenvalue weighted by molar-refractivity contribution is 0.464. The molecule has 0 heterocycles. The third kappa shape index (κ3) is 1.43. The summed E-state index contributed by atoms with van der Waals surface area (Å²) in [5, 5.41) is 0. The molecule has 1 saturated carbocycles. The summed E-state index contributed by atoms with van der Waals surface area (Å²) >= 11 is 0. The van der Waals surface area contributed by atoms with Gasteiger partial charge in [-0.15, -0.1) is 0 Å². The van der Waals surface area contributed by atoms with Gasteiger partial charge in [0.15, 0.2) is 0 Å². The molecule has 4 N–H and O–H groups in total. The third-order valence-electron chi connectivity index (χ3n) is 2.22. The number of hydrogen-bond acceptors (Lipinski definition) is 2. The molecular weight excluding hydrogens is 112 g/mol. The van der Waals surface area contributed by atoms with E-state index < -0.39 is 0 Å². The largest absolute Gasteiger partial charge is 0.327 e. The quantitative estimate of drug-likeness (QED) is 0.498. The van der Waals surface area contributed by atoms with Crippen molar-refractivity contribution in [2.75, 3.05) is 0 Å². The molecule has 0 unspecified atom stereocenters. The van der Waals surface area contributed by atoms with E-state index in [4.69, 9.17) is 11.5 Å². The van der Waals surface area contributed by atoms with E-state index in [1.807, 2.05) is 0 Å². The summed E-state index contributed by atoms with van der Waals surface area (Å²) in [6.07, 6.45) is 2.06. The first-order valence-electron chi connectivity index (χ1n) is 3.56. The standard InChI is InChI=1S/C7H16N2/c1-5-3-7(2,9)4-6(5)8/h5-6H,3-4,8-9H2,1-2H3/t5-,6+,7-/m1/s1. The molecule has 3 atom stereocenters. The van der Waals surface area contributed by atoms with Crippen molar-refractivity contribution in [3.63, 3.8) is 0 Å². The molecule has 54 valence electrons. The van der Waals surface area contributed by atoms with E-state index in [0.717, 1.165) is 12.8 Å². The SMILES string of the molecule is C[C@@H]1C[C@@](C)(N)C[C@@H]1N. The molecule has 0 spiro atoms. The summed E-state index contributed by atoms with van der Waals surface area (Å²) in [5.41, 5.74) is 11.7. The molecule has 0 aliphatic heterocycles. The smallest absolute Gasteiger partial charge is 0.0143 e. The highest BCUT2D eigenvalue weighted by Gasteiger charge is 2.34. The molecule has 0 radical (unpaired) electrons. The van der Waals surface area contributed by atoms with Gasteiger partial charge in [-0.25, -0.2) is 0 Å². The van der Waals surface area contributed by atoms with Crippen molar-refractivity contribution in [1.82, 2.24) is 0 Å². The maximum Gasteiger partial charge on any atom is 0.0143 e. The summed E-state index contributed by atoms with van der Waals surface area (Å²) in [7, 11) is 0. The minimum absolute atomic E-state index is 0.0127. The van der Waals surface area contributed by atoms with Crippen LogP contribution in [0.1, 0.15) is 26.7 Å². The lowest BCUT2D eigenvalue weighted by atomic mass is 10.0. The first-order valence-corrected chi connectivity index (χ1v) is 3.56. The van der Waals surface area contributed by atoms with E-state index in [0.29, 0.717) is 12.0 Å². The number of rotatable bonds is 0. The van der Waals surface area contributed by atoms with Gasteiger partial charge >= 0.3 is 0 Å². The van der Waals surface area contributed by atoms with Crippen molar-refractivity contribution in [3.05, 3.63) is 0 Å². The van der Waals surface area contributed by atoms with Crippen LogP contribution in [0.4, 0.5) is 0 Å². The van der Waals surface area contributed by atoms with E-state index in [-0.39, 0.29) is 5.54 Å². The fourth-order valence-electron chi connectivity index (χ4n) is 1.71. The van der Waals surface area contributed by atoms with Crippen molar-refractivity contribution < 1.29 is 0 Å². The molecule has 0 aromatic rings. The molecule has 1 aliphatic carbocycles.